The summed E-state index contributed by atoms with van der Waals surface area (Å²) in [6, 6.07) is 14.0. The fraction of sp³-hybridized carbons (Fsp3) is 0.667. The number of aliphatic hydroxyl groups is 2. The number of alkyl halides is 2. The molecule has 0 radical (unpaired) electrons. The van der Waals surface area contributed by atoms with Crippen molar-refractivity contribution in [1.82, 2.24) is 0 Å². The molecule has 10 unspecified atom stereocenters. The molecule has 2 heterocycles. The van der Waals surface area contributed by atoms with E-state index in [1.165, 1.54) is 0 Å². The molecule has 46 heavy (non-hydrogen) atoms. The lowest BCUT2D eigenvalue weighted by Gasteiger charge is -2.38. The second-order valence-electron chi connectivity index (χ2n) is 12.9. The van der Waals surface area contributed by atoms with E-state index in [1.54, 1.807) is 36.4 Å². The summed E-state index contributed by atoms with van der Waals surface area (Å²) in [5, 5.41) is 41.9. The van der Waals surface area contributed by atoms with Crippen LogP contribution in [0.15, 0.2) is 48.5 Å². The van der Waals surface area contributed by atoms with Gasteiger partial charge in [0, 0.05) is 34.7 Å². The SMILES string of the molecule is CCCC(Cl)CC1CC(CC(O)CCCC2CC(CC(Cl)CC(O)CC)OC(c3ccccc3O)O2)OC(c2ccccc2O)O1. The molecule has 10 heteroatoms. The van der Waals surface area contributed by atoms with Crippen molar-refractivity contribution in [2.75, 3.05) is 0 Å². The van der Waals surface area contributed by atoms with E-state index in [9.17, 15) is 20.4 Å². The number of aromatic hydroxyl groups is 2. The van der Waals surface area contributed by atoms with Crippen molar-refractivity contribution in [2.24, 2.45) is 0 Å². The van der Waals surface area contributed by atoms with Crippen LogP contribution in [0, 0.1) is 0 Å². The van der Waals surface area contributed by atoms with Gasteiger partial charge in [0.05, 0.1) is 36.6 Å². The molecule has 2 aromatic carbocycles. The van der Waals surface area contributed by atoms with Crippen LogP contribution in [0.2, 0.25) is 0 Å². The average molecular weight is 684 g/mol. The third-order valence-electron chi connectivity index (χ3n) is 8.93. The maximum atomic E-state index is 11.1. The standard InChI is InChI=1S/C36H52Cl2O8/c1-3-10-23(37)18-28-22-30(46-36(44-28)32-14-6-8-16-34(32)42)20-26(40)11-9-12-27-21-29(19-24(38)17-25(39)4-2)45-35(43-27)31-13-5-7-15-33(31)41/h5-8,13-16,23-30,35-36,39-42H,3-4,9-12,17-22H2,1-2H3. The van der Waals surface area contributed by atoms with Gasteiger partial charge in [0.1, 0.15) is 11.5 Å². The van der Waals surface area contributed by atoms with Gasteiger partial charge in [0.15, 0.2) is 12.6 Å². The first-order chi connectivity index (χ1) is 22.1. The van der Waals surface area contributed by atoms with Crippen LogP contribution in [0.25, 0.3) is 0 Å². The number of aliphatic hydroxyl groups excluding tert-OH is 2. The van der Waals surface area contributed by atoms with Crippen LogP contribution in [0.1, 0.15) is 115 Å². The Morgan fingerprint density at radius 3 is 1.72 bits per heavy atom. The lowest BCUT2D eigenvalue weighted by molar-refractivity contribution is -0.254. The fourth-order valence-electron chi connectivity index (χ4n) is 6.44. The maximum Gasteiger partial charge on any atom is 0.188 e. The third-order valence-corrected chi connectivity index (χ3v) is 9.69. The summed E-state index contributed by atoms with van der Waals surface area (Å²) in [5.41, 5.74) is 1.14. The van der Waals surface area contributed by atoms with Crippen molar-refractivity contribution >= 4 is 23.2 Å². The van der Waals surface area contributed by atoms with Crippen molar-refractivity contribution in [3.05, 3.63) is 59.7 Å². The highest BCUT2D eigenvalue weighted by atomic mass is 35.5. The molecule has 0 bridgehead atoms. The molecular weight excluding hydrogens is 631 g/mol. The van der Waals surface area contributed by atoms with Crippen molar-refractivity contribution in [3.63, 3.8) is 0 Å². The molecule has 2 aliphatic heterocycles. The van der Waals surface area contributed by atoms with Gasteiger partial charge in [0.2, 0.25) is 0 Å². The summed E-state index contributed by atoms with van der Waals surface area (Å²) < 4.78 is 25.1. The van der Waals surface area contributed by atoms with Gasteiger partial charge in [-0.15, -0.1) is 23.2 Å². The Morgan fingerprint density at radius 1 is 0.674 bits per heavy atom. The van der Waals surface area contributed by atoms with Gasteiger partial charge in [-0.25, -0.2) is 0 Å². The fourth-order valence-corrected chi connectivity index (χ4v) is 7.26. The number of hydrogen-bond acceptors (Lipinski definition) is 8. The molecule has 2 saturated heterocycles. The minimum absolute atomic E-state index is 0.0144. The molecule has 10 atom stereocenters. The number of phenols is 2. The lowest BCUT2D eigenvalue weighted by atomic mass is 9.95. The van der Waals surface area contributed by atoms with Crippen LogP contribution < -0.4 is 0 Å². The number of ether oxygens (including phenoxy) is 4. The summed E-state index contributed by atoms with van der Waals surface area (Å²) in [4.78, 5) is 0. The van der Waals surface area contributed by atoms with Gasteiger partial charge in [-0.2, -0.15) is 0 Å². The summed E-state index contributed by atoms with van der Waals surface area (Å²) in [7, 11) is 0. The van der Waals surface area contributed by atoms with Crippen molar-refractivity contribution in [2.45, 2.75) is 151 Å². The monoisotopic (exact) mass is 682 g/mol. The van der Waals surface area contributed by atoms with E-state index in [2.05, 4.69) is 6.92 Å². The molecule has 0 saturated carbocycles. The van der Waals surface area contributed by atoms with Crippen LogP contribution in [-0.2, 0) is 18.9 Å². The smallest absolute Gasteiger partial charge is 0.188 e. The number of halogens is 2. The summed E-state index contributed by atoms with van der Waals surface area (Å²) in [5.74, 6) is 0.223. The zero-order valence-corrected chi connectivity index (χ0v) is 28.6. The topological polar surface area (TPSA) is 118 Å². The van der Waals surface area contributed by atoms with E-state index in [-0.39, 0.29) is 46.7 Å². The van der Waals surface area contributed by atoms with Crippen LogP contribution in [0.4, 0.5) is 0 Å². The molecule has 0 aliphatic carbocycles. The molecule has 2 fully saturated rings. The highest BCUT2D eigenvalue weighted by molar-refractivity contribution is 6.20. The second-order valence-corrected chi connectivity index (χ2v) is 14.1. The van der Waals surface area contributed by atoms with Crippen molar-refractivity contribution in [1.29, 1.82) is 0 Å². The van der Waals surface area contributed by atoms with E-state index in [4.69, 9.17) is 42.1 Å². The van der Waals surface area contributed by atoms with Gasteiger partial charge in [0.25, 0.3) is 0 Å². The number of hydrogen-bond donors (Lipinski definition) is 4. The van der Waals surface area contributed by atoms with E-state index in [0.29, 0.717) is 68.9 Å². The molecule has 0 spiro atoms. The van der Waals surface area contributed by atoms with E-state index in [1.807, 2.05) is 19.1 Å². The van der Waals surface area contributed by atoms with Crippen LogP contribution in [-0.4, -0.2) is 67.8 Å². The van der Waals surface area contributed by atoms with Gasteiger partial charge >= 0.3 is 0 Å². The van der Waals surface area contributed by atoms with Crippen LogP contribution in [0.3, 0.4) is 0 Å². The normalized spacial score (nSPS) is 28.0. The molecule has 0 amide bonds. The number of para-hydroxylation sites is 2. The second kappa shape index (κ2) is 18.8. The predicted molar refractivity (Wildman–Crippen MR) is 179 cm³/mol. The Morgan fingerprint density at radius 2 is 1.17 bits per heavy atom. The predicted octanol–water partition coefficient (Wildman–Crippen LogP) is 8.02. The number of phenolic OH excluding ortho intramolecular Hbond substituents is 2. The summed E-state index contributed by atoms with van der Waals surface area (Å²) in [6.45, 7) is 4.04. The summed E-state index contributed by atoms with van der Waals surface area (Å²) >= 11 is 13.2. The van der Waals surface area contributed by atoms with Crippen LogP contribution in [0.5, 0.6) is 11.5 Å². The highest BCUT2D eigenvalue weighted by Crippen LogP contribution is 2.39. The number of rotatable bonds is 17. The van der Waals surface area contributed by atoms with Gasteiger partial charge in [-0.1, -0.05) is 56.7 Å². The van der Waals surface area contributed by atoms with Gasteiger partial charge < -0.3 is 39.4 Å². The molecule has 0 aromatic heterocycles. The average Bonchev–Trinajstić information content (AvgIpc) is 3.01. The largest absolute Gasteiger partial charge is 0.507 e. The maximum absolute atomic E-state index is 11.1. The molecule has 2 aromatic rings. The first-order valence-electron chi connectivity index (χ1n) is 17.0. The quantitative estimate of drug-likeness (QED) is 0.124. The first-order valence-corrected chi connectivity index (χ1v) is 17.8. The molecule has 2 aliphatic rings. The Bertz CT molecular complexity index is 1170. The van der Waals surface area contributed by atoms with Crippen molar-refractivity contribution < 1.29 is 39.4 Å². The molecular formula is C36H52Cl2O8. The van der Waals surface area contributed by atoms with Crippen molar-refractivity contribution in [3.8, 4) is 11.5 Å². The molecule has 258 valence electrons. The highest BCUT2D eigenvalue weighted by Gasteiger charge is 2.36. The summed E-state index contributed by atoms with van der Waals surface area (Å²) in [6.07, 6.45) is 4.68. The Labute approximate surface area is 283 Å². The zero-order chi connectivity index (χ0) is 33.1. The number of benzene rings is 2. The van der Waals surface area contributed by atoms with Gasteiger partial charge in [-0.3, -0.25) is 0 Å². The molecule has 4 N–H and O–H groups in total. The Balaban J connectivity index is 1.34. The molecule has 4 rings (SSSR count). The minimum Gasteiger partial charge on any atom is -0.507 e. The zero-order valence-electron chi connectivity index (χ0n) is 27.1. The minimum atomic E-state index is -0.731. The Kier molecular flexibility index (Phi) is 15.2. The lowest BCUT2D eigenvalue weighted by Crippen LogP contribution is -2.37. The van der Waals surface area contributed by atoms with Crippen LogP contribution >= 0.6 is 23.2 Å². The third kappa shape index (κ3) is 11.5. The first kappa shape index (κ1) is 37.2. The van der Waals surface area contributed by atoms with E-state index < -0.39 is 24.8 Å². The van der Waals surface area contributed by atoms with E-state index in [0.717, 1.165) is 19.3 Å². The van der Waals surface area contributed by atoms with E-state index >= 15 is 0 Å². The molecule has 8 nitrogen and oxygen atoms in total. The Hall–Kier alpha value is -1.62. The van der Waals surface area contributed by atoms with Gasteiger partial charge in [-0.05, 0) is 69.9 Å².